The number of nitrogens with one attached hydrogen (secondary N) is 1. The molecular formula is C8H9NO3. The van der Waals surface area contributed by atoms with Crippen molar-refractivity contribution in [3.63, 3.8) is 0 Å². The Morgan fingerprint density at radius 3 is 2.50 bits per heavy atom. The maximum absolute atomic E-state index is 11.2. The van der Waals surface area contributed by atoms with Crippen molar-refractivity contribution in [3.8, 4) is 11.8 Å². The Morgan fingerprint density at radius 2 is 2.17 bits per heavy atom. The van der Waals surface area contributed by atoms with Crippen LogP contribution in [0.4, 0.5) is 0 Å². The van der Waals surface area contributed by atoms with Crippen molar-refractivity contribution < 1.29 is 15.0 Å². The Kier molecular flexibility index (Phi) is 1.91. The van der Waals surface area contributed by atoms with Crippen molar-refractivity contribution in [3.05, 3.63) is 23.8 Å². The minimum absolute atomic E-state index is 0.0417. The minimum Gasteiger partial charge on any atom is -0.494 e. The topological polar surface area (TPSA) is 73.3 Å². The molecule has 0 aliphatic heterocycles. The summed E-state index contributed by atoms with van der Waals surface area (Å²) in [6.45, 7) is 4.96. The lowest BCUT2D eigenvalue weighted by molar-refractivity contribution is 0.103. The molecule has 0 aromatic carbocycles. The second-order valence-electron chi connectivity index (χ2n) is 2.53. The van der Waals surface area contributed by atoms with E-state index in [1.54, 1.807) is 0 Å². The predicted octanol–water partition coefficient (Wildman–Crippen LogP) is 1.18. The number of aromatic nitrogens is 1. The summed E-state index contributed by atoms with van der Waals surface area (Å²) in [7, 11) is 0. The van der Waals surface area contributed by atoms with Crippen molar-refractivity contribution in [2.75, 3.05) is 0 Å². The van der Waals surface area contributed by atoms with Gasteiger partial charge < -0.3 is 10.2 Å². The summed E-state index contributed by atoms with van der Waals surface area (Å²) in [6, 6.07) is 1.16. The van der Waals surface area contributed by atoms with E-state index < -0.39 is 0 Å². The third-order valence-corrected chi connectivity index (χ3v) is 1.41. The minimum atomic E-state index is -0.385. The van der Waals surface area contributed by atoms with Crippen LogP contribution in [-0.4, -0.2) is 21.0 Å². The zero-order chi connectivity index (χ0) is 9.30. The second kappa shape index (κ2) is 2.73. The van der Waals surface area contributed by atoms with Crippen LogP contribution in [0.1, 0.15) is 17.3 Å². The summed E-state index contributed by atoms with van der Waals surface area (Å²) in [4.78, 5) is 13.4. The molecule has 1 heterocycles. The number of rotatable bonds is 2. The highest BCUT2D eigenvalue weighted by Crippen LogP contribution is 2.23. The summed E-state index contributed by atoms with van der Waals surface area (Å²) >= 11 is 0. The Bertz CT molecular complexity index is 338. The molecular weight excluding hydrogens is 158 g/mol. The van der Waals surface area contributed by atoms with Crippen LogP contribution < -0.4 is 0 Å². The molecule has 12 heavy (non-hydrogen) atoms. The number of aromatic amines is 1. The van der Waals surface area contributed by atoms with Gasteiger partial charge in [0.1, 0.15) is 0 Å². The van der Waals surface area contributed by atoms with Crippen LogP contribution in [0.15, 0.2) is 18.2 Å². The maximum atomic E-state index is 11.2. The van der Waals surface area contributed by atoms with Gasteiger partial charge in [0.15, 0.2) is 11.7 Å². The molecule has 0 spiro atoms. The predicted molar refractivity (Wildman–Crippen MR) is 43.3 cm³/mol. The third kappa shape index (κ3) is 1.32. The van der Waals surface area contributed by atoms with Gasteiger partial charge in [0, 0.05) is 6.07 Å². The highest BCUT2D eigenvalue weighted by atomic mass is 16.3. The molecule has 0 saturated carbocycles. The fraction of sp³-hybridized carbons (Fsp3) is 0.125. The molecule has 0 atom stereocenters. The first-order valence-electron chi connectivity index (χ1n) is 3.33. The molecule has 0 aliphatic rings. The van der Waals surface area contributed by atoms with Crippen molar-refractivity contribution in [1.29, 1.82) is 0 Å². The van der Waals surface area contributed by atoms with E-state index in [1.807, 2.05) is 0 Å². The maximum Gasteiger partial charge on any atom is 0.202 e. The molecule has 0 fully saturated rings. The molecule has 0 unspecified atom stereocenters. The Morgan fingerprint density at radius 1 is 1.58 bits per heavy atom. The second-order valence-corrected chi connectivity index (χ2v) is 2.53. The monoisotopic (exact) mass is 167 g/mol. The fourth-order valence-corrected chi connectivity index (χ4v) is 0.833. The lowest BCUT2D eigenvalue weighted by atomic mass is 10.1. The van der Waals surface area contributed by atoms with Crippen LogP contribution in [0.5, 0.6) is 11.8 Å². The molecule has 1 aromatic rings. The SMILES string of the molecule is C=C(C)C(=O)c1cc(O)[nH]c1O. The Hall–Kier alpha value is -1.71. The summed E-state index contributed by atoms with van der Waals surface area (Å²) in [5, 5.41) is 17.9. The molecule has 0 radical (unpaired) electrons. The average molecular weight is 167 g/mol. The van der Waals surface area contributed by atoms with E-state index in [0.717, 1.165) is 6.07 Å². The van der Waals surface area contributed by atoms with Crippen molar-refractivity contribution >= 4 is 5.78 Å². The first-order chi connectivity index (χ1) is 5.52. The number of hydrogen-bond acceptors (Lipinski definition) is 3. The number of carbonyl (C=O) groups is 1. The van der Waals surface area contributed by atoms with Gasteiger partial charge in [-0.2, -0.15) is 0 Å². The fourth-order valence-electron chi connectivity index (χ4n) is 0.833. The van der Waals surface area contributed by atoms with Crippen molar-refractivity contribution in [1.82, 2.24) is 4.98 Å². The number of allylic oxidation sites excluding steroid dienone is 1. The van der Waals surface area contributed by atoms with Crippen molar-refractivity contribution in [2.45, 2.75) is 6.92 Å². The van der Waals surface area contributed by atoms with Gasteiger partial charge in [-0.25, -0.2) is 0 Å². The number of Topliss-reactive ketones (excluding diaryl/α,β-unsaturated/α-hetero) is 1. The van der Waals surface area contributed by atoms with Gasteiger partial charge in [-0.3, -0.25) is 9.78 Å². The van der Waals surface area contributed by atoms with Crippen molar-refractivity contribution in [2.24, 2.45) is 0 Å². The molecule has 0 bridgehead atoms. The lowest BCUT2D eigenvalue weighted by Gasteiger charge is -1.94. The van der Waals surface area contributed by atoms with E-state index in [4.69, 9.17) is 10.2 Å². The van der Waals surface area contributed by atoms with E-state index in [2.05, 4.69) is 11.6 Å². The van der Waals surface area contributed by atoms with Crippen LogP contribution in [0, 0.1) is 0 Å². The molecule has 0 aliphatic carbocycles. The third-order valence-electron chi connectivity index (χ3n) is 1.41. The van der Waals surface area contributed by atoms with Gasteiger partial charge >= 0.3 is 0 Å². The molecule has 0 saturated heterocycles. The largest absolute Gasteiger partial charge is 0.494 e. The highest BCUT2D eigenvalue weighted by molar-refractivity contribution is 6.09. The van der Waals surface area contributed by atoms with Crippen LogP contribution in [0.25, 0.3) is 0 Å². The molecule has 4 heteroatoms. The van der Waals surface area contributed by atoms with Crippen LogP contribution in [0.3, 0.4) is 0 Å². The van der Waals surface area contributed by atoms with Crippen LogP contribution >= 0.6 is 0 Å². The molecule has 0 amide bonds. The Labute approximate surface area is 69.2 Å². The number of hydrogen-bond donors (Lipinski definition) is 3. The van der Waals surface area contributed by atoms with E-state index in [9.17, 15) is 4.79 Å². The lowest BCUT2D eigenvalue weighted by Crippen LogP contribution is -1.97. The standard InChI is InChI=1S/C8H9NO3/c1-4(2)7(11)5-3-6(10)9-8(5)12/h3,9-10,12H,1H2,2H3. The van der Waals surface area contributed by atoms with E-state index in [-0.39, 0.29) is 23.1 Å². The molecule has 4 nitrogen and oxygen atoms in total. The van der Waals surface area contributed by atoms with E-state index >= 15 is 0 Å². The summed E-state index contributed by atoms with van der Waals surface area (Å²) < 4.78 is 0. The first-order valence-corrected chi connectivity index (χ1v) is 3.33. The van der Waals surface area contributed by atoms with E-state index in [0.29, 0.717) is 5.57 Å². The van der Waals surface area contributed by atoms with Crippen LogP contribution in [0.2, 0.25) is 0 Å². The van der Waals surface area contributed by atoms with E-state index in [1.165, 1.54) is 6.92 Å². The van der Waals surface area contributed by atoms with Crippen LogP contribution in [-0.2, 0) is 0 Å². The van der Waals surface area contributed by atoms with Gasteiger partial charge in [-0.1, -0.05) is 6.58 Å². The molecule has 1 rings (SSSR count). The average Bonchev–Trinajstić information content (AvgIpc) is 2.28. The number of H-pyrrole nitrogens is 1. The summed E-state index contributed by atoms with van der Waals surface area (Å²) in [6.07, 6.45) is 0. The number of aromatic hydroxyl groups is 2. The highest BCUT2D eigenvalue weighted by Gasteiger charge is 2.14. The van der Waals surface area contributed by atoms with Gasteiger partial charge in [-0.05, 0) is 12.5 Å². The molecule has 64 valence electrons. The zero-order valence-corrected chi connectivity index (χ0v) is 6.59. The Balaban J connectivity index is 3.11. The smallest absolute Gasteiger partial charge is 0.202 e. The number of carbonyl (C=O) groups excluding carboxylic acids is 1. The van der Waals surface area contributed by atoms with Gasteiger partial charge in [-0.15, -0.1) is 0 Å². The zero-order valence-electron chi connectivity index (χ0n) is 6.59. The summed E-state index contributed by atoms with van der Waals surface area (Å²) in [5.41, 5.74) is 0.351. The normalized spacial score (nSPS) is 9.75. The number of ketones is 1. The molecule has 3 N–H and O–H groups in total. The quantitative estimate of drug-likeness (QED) is 0.457. The first kappa shape index (κ1) is 8.39. The van der Waals surface area contributed by atoms with Gasteiger partial charge in [0.05, 0.1) is 5.56 Å². The van der Waals surface area contributed by atoms with Gasteiger partial charge in [0.25, 0.3) is 0 Å². The summed E-state index contributed by atoms with van der Waals surface area (Å²) in [5.74, 6) is -0.957. The van der Waals surface area contributed by atoms with Gasteiger partial charge in [0.2, 0.25) is 5.88 Å². The molecule has 1 aromatic heterocycles.